The Balaban J connectivity index is 2.13. The number of aromatic nitrogens is 1. The normalized spacial score (nSPS) is 11.7. The highest BCUT2D eigenvalue weighted by atomic mass is 35.5. The minimum Gasteiger partial charge on any atom is -0.317 e. The van der Waals surface area contributed by atoms with Crippen molar-refractivity contribution in [3.8, 4) is 11.3 Å². The topological polar surface area (TPSA) is 60.4 Å². The summed E-state index contributed by atoms with van der Waals surface area (Å²) >= 11 is 7.66. The van der Waals surface area contributed by atoms with Gasteiger partial charge in [-0.05, 0) is 19.1 Å². The van der Waals surface area contributed by atoms with Crippen molar-refractivity contribution in [2.75, 3.05) is 0 Å². The SMILES string of the molecule is CCn1c(-c2cccc([N+](=O)[O-])c2)csc1=Nc1ccccc1Cl. The summed E-state index contributed by atoms with van der Waals surface area (Å²) in [6, 6.07) is 14.0. The molecule has 0 aliphatic heterocycles. The van der Waals surface area contributed by atoms with E-state index < -0.39 is 0 Å². The first-order valence-corrected chi connectivity index (χ1v) is 8.58. The van der Waals surface area contributed by atoms with Crippen LogP contribution < -0.4 is 4.80 Å². The lowest BCUT2D eigenvalue weighted by atomic mass is 10.1. The number of para-hydroxylation sites is 1. The number of nitro benzene ring substituents is 1. The van der Waals surface area contributed by atoms with Crippen LogP contribution in [0.1, 0.15) is 6.92 Å². The van der Waals surface area contributed by atoms with Crippen molar-refractivity contribution in [3.63, 3.8) is 0 Å². The van der Waals surface area contributed by atoms with E-state index >= 15 is 0 Å². The van der Waals surface area contributed by atoms with E-state index in [1.165, 1.54) is 17.4 Å². The fourth-order valence-corrected chi connectivity index (χ4v) is 3.54. The van der Waals surface area contributed by atoms with Crippen molar-refractivity contribution >= 4 is 34.3 Å². The number of nitrogens with zero attached hydrogens (tertiary/aromatic N) is 3. The third-order valence-electron chi connectivity index (χ3n) is 3.54. The molecule has 0 radical (unpaired) electrons. The molecule has 3 aromatic rings. The highest BCUT2D eigenvalue weighted by Crippen LogP contribution is 2.26. The van der Waals surface area contributed by atoms with E-state index in [2.05, 4.69) is 4.99 Å². The number of rotatable bonds is 4. The molecule has 122 valence electrons. The van der Waals surface area contributed by atoms with Gasteiger partial charge in [-0.25, -0.2) is 4.99 Å². The molecular weight excluding hydrogens is 346 g/mol. The Hall–Kier alpha value is -2.44. The number of hydrogen-bond donors (Lipinski definition) is 0. The zero-order valence-electron chi connectivity index (χ0n) is 12.8. The maximum Gasteiger partial charge on any atom is 0.270 e. The van der Waals surface area contributed by atoms with Gasteiger partial charge in [0.1, 0.15) is 0 Å². The summed E-state index contributed by atoms with van der Waals surface area (Å²) in [5, 5.41) is 13.5. The van der Waals surface area contributed by atoms with Gasteiger partial charge in [0.25, 0.3) is 5.69 Å². The van der Waals surface area contributed by atoms with Gasteiger partial charge >= 0.3 is 0 Å². The molecule has 0 unspecified atom stereocenters. The van der Waals surface area contributed by atoms with Crippen molar-refractivity contribution in [1.82, 2.24) is 4.57 Å². The third-order valence-corrected chi connectivity index (χ3v) is 4.72. The molecule has 0 atom stereocenters. The van der Waals surface area contributed by atoms with Crippen molar-refractivity contribution < 1.29 is 4.92 Å². The maximum atomic E-state index is 11.0. The molecule has 1 heterocycles. The Morgan fingerprint density at radius 1 is 1.25 bits per heavy atom. The minimum atomic E-state index is -0.388. The molecule has 0 amide bonds. The summed E-state index contributed by atoms with van der Waals surface area (Å²) in [6.45, 7) is 2.71. The van der Waals surface area contributed by atoms with E-state index in [0.717, 1.165) is 16.1 Å². The Kier molecular flexibility index (Phi) is 4.78. The molecule has 0 aliphatic carbocycles. The van der Waals surface area contributed by atoms with Crippen LogP contribution in [0.3, 0.4) is 0 Å². The number of thiazole rings is 1. The zero-order chi connectivity index (χ0) is 17.1. The molecular formula is C17H14ClN3O2S. The average Bonchev–Trinajstić information content (AvgIpc) is 2.99. The zero-order valence-corrected chi connectivity index (χ0v) is 14.4. The first-order valence-electron chi connectivity index (χ1n) is 7.32. The molecule has 0 fully saturated rings. The van der Waals surface area contributed by atoms with E-state index in [1.54, 1.807) is 18.2 Å². The summed E-state index contributed by atoms with van der Waals surface area (Å²) in [4.78, 5) is 16.0. The number of nitro groups is 1. The van der Waals surface area contributed by atoms with E-state index in [-0.39, 0.29) is 10.6 Å². The molecule has 0 aliphatic rings. The van der Waals surface area contributed by atoms with Gasteiger partial charge < -0.3 is 4.57 Å². The van der Waals surface area contributed by atoms with Crippen LogP contribution in [0.15, 0.2) is 58.9 Å². The number of non-ortho nitro benzene ring substituents is 1. The van der Waals surface area contributed by atoms with Crippen LogP contribution in [0.25, 0.3) is 11.3 Å². The van der Waals surface area contributed by atoms with Gasteiger partial charge in [0.2, 0.25) is 0 Å². The Labute approximate surface area is 147 Å². The molecule has 24 heavy (non-hydrogen) atoms. The van der Waals surface area contributed by atoms with Crippen LogP contribution in [0.2, 0.25) is 5.02 Å². The molecule has 7 heteroatoms. The largest absolute Gasteiger partial charge is 0.317 e. The lowest BCUT2D eigenvalue weighted by molar-refractivity contribution is -0.384. The number of hydrogen-bond acceptors (Lipinski definition) is 4. The maximum absolute atomic E-state index is 11.0. The lowest BCUT2D eigenvalue weighted by Crippen LogP contribution is -2.14. The van der Waals surface area contributed by atoms with Gasteiger partial charge in [-0.15, -0.1) is 11.3 Å². The van der Waals surface area contributed by atoms with Gasteiger partial charge in [0, 0.05) is 29.6 Å². The van der Waals surface area contributed by atoms with Gasteiger partial charge in [0.05, 0.1) is 21.3 Å². The van der Waals surface area contributed by atoms with E-state index in [0.29, 0.717) is 17.3 Å². The minimum absolute atomic E-state index is 0.0749. The number of benzene rings is 2. The van der Waals surface area contributed by atoms with Crippen LogP contribution in [0.5, 0.6) is 0 Å². The average molecular weight is 360 g/mol. The lowest BCUT2D eigenvalue weighted by Gasteiger charge is -2.06. The Bertz CT molecular complexity index is 962. The smallest absolute Gasteiger partial charge is 0.270 e. The predicted molar refractivity (Wildman–Crippen MR) is 96.7 cm³/mol. The quantitative estimate of drug-likeness (QED) is 0.484. The Morgan fingerprint density at radius 3 is 2.75 bits per heavy atom. The second-order valence-electron chi connectivity index (χ2n) is 5.02. The summed E-state index contributed by atoms with van der Waals surface area (Å²) in [7, 11) is 0. The predicted octanol–water partition coefficient (Wildman–Crippen LogP) is 5.03. The Morgan fingerprint density at radius 2 is 2.04 bits per heavy atom. The highest BCUT2D eigenvalue weighted by Gasteiger charge is 2.11. The fraction of sp³-hybridized carbons (Fsp3) is 0.118. The summed E-state index contributed by atoms with van der Waals surface area (Å²) < 4.78 is 2.02. The fourth-order valence-electron chi connectivity index (χ4n) is 2.38. The van der Waals surface area contributed by atoms with E-state index in [4.69, 9.17) is 11.6 Å². The molecule has 0 saturated heterocycles. The van der Waals surface area contributed by atoms with Crippen LogP contribution in [0.4, 0.5) is 11.4 Å². The molecule has 3 rings (SSSR count). The second-order valence-corrected chi connectivity index (χ2v) is 6.26. The van der Waals surface area contributed by atoms with Crippen molar-refractivity contribution in [3.05, 3.63) is 73.8 Å². The standard InChI is InChI=1S/C17H14ClN3O2S/c1-2-20-16(12-6-5-7-13(10-12)21(22)23)11-24-17(20)19-15-9-4-3-8-14(15)18/h3-11H,2H2,1H3. The third kappa shape index (κ3) is 3.25. The van der Waals surface area contributed by atoms with E-state index in [1.807, 2.05) is 41.1 Å². The van der Waals surface area contributed by atoms with Crippen LogP contribution in [0, 0.1) is 10.1 Å². The van der Waals surface area contributed by atoms with Crippen LogP contribution >= 0.6 is 22.9 Å². The van der Waals surface area contributed by atoms with Gasteiger partial charge in [-0.3, -0.25) is 10.1 Å². The first-order chi connectivity index (χ1) is 11.6. The first kappa shape index (κ1) is 16.4. The van der Waals surface area contributed by atoms with Gasteiger partial charge in [0.15, 0.2) is 4.80 Å². The molecule has 0 saturated carbocycles. The van der Waals surface area contributed by atoms with Crippen molar-refractivity contribution in [2.45, 2.75) is 13.5 Å². The van der Waals surface area contributed by atoms with Gasteiger partial charge in [-0.1, -0.05) is 35.9 Å². The van der Waals surface area contributed by atoms with Crippen molar-refractivity contribution in [2.24, 2.45) is 4.99 Å². The van der Waals surface area contributed by atoms with Crippen LogP contribution in [-0.2, 0) is 6.54 Å². The molecule has 0 spiro atoms. The van der Waals surface area contributed by atoms with Crippen LogP contribution in [-0.4, -0.2) is 9.49 Å². The summed E-state index contributed by atoms with van der Waals surface area (Å²) in [5.41, 5.74) is 2.47. The monoisotopic (exact) mass is 359 g/mol. The van der Waals surface area contributed by atoms with Crippen molar-refractivity contribution in [1.29, 1.82) is 0 Å². The summed E-state index contributed by atoms with van der Waals surface area (Å²) in [6.07, 6.45) is 0. The molecule has 1 aromatic heterocycles. The second kappa shape index (κ2) is 6.98. The molecule has 0 N–H and O–H groups in total. The highest BCUT2D eigenvalue weighted by molar-refractivity contribution is 7.07. The molecule has 0 bridgehead atoms. The summed E-state index contributed by atoms with van der Waals surface area (Å²) in [5.74, 6) is 0. The van der Waals surface area contributed by atoms with E-state index in [9.17, 15) is 10.1 Å². The number of halogens is 1. The molecule has 5 nitrogen and oxygen atoms in total. The molecule has 2 aromatic carbocycles. The van der Waals surface area contributed by atoms with Gasteiger partial charge in [-0.2, -0.15) is 0 Å².